The number of nitrogens with two attached hydrogens (primary N) is 1. The molecule has 1 amide bonds. The second-order valence-corrected chi connectivity index (χ2v) is 6.21. The van der Waals surface area contributed by atoms with E-state index >= 15 is 0 Å². The summed E-state index contributed by atoms with van der Waals surface area (Å²) in [6.07, 6.45) is 3.57. The molecule has 0 atom stereocenters. The summed E-state index contributed by atoms with van der Waals surface area (Å²) in [5.74, 6) is -3.10. The zero-order valence-electron chi connectivity index (χ0n) is 10.9. The van der Waals surface area contributed by atoms with Gasteiger partial charge in [-0.2, -0.15) is 0 Å². The van der Waals surface area contributed by atoms with Crippen molar-refractivity contribution < 1.29 is 13.6 Å². The number of hydrogen-bond acceptors (Lipinski definition) is 2. The molecule has 0 aromatic carbocycles. The quantitative estimate of drug-likeness (QED) is 0.785. The minimum atomic E-state index is -2.61. The molecule has 2 rings (SSSR count). The lowest BCUT2D eigenvalue weighted by atomic mass is 9.85. The van der Waals surface area contributed by atoms with E-state index in [0.717, 1.165) is 25.7 Å². The van der Waals surface area contributed by atoms with E-state index in [0.29, 0.717) is 4.99 Å². The Morgan fingerprint density at radius 1 is 1.16 bits per heavy atom. The molecule has 108 valence electrons. The van der Waals surface area contributed by atoms with E-state index in [-0.39, 0.29) is 37.5 Å². The van der Waals surface area contributed by atoms with Gasteiger partial charge in [-0.15, -0.1) is 0 Å². The topological polar surface area (TPSA) is 55.1 Å². The zero-order chi connectivity index (χ0) is 14.1. The van der Waals surface area contributed by atoms with Crippen molar-refractivity contribution in [3.8, 4) is 0 Å². The number of carbonyl (C=O) groups excluding carboxylic acids is 1. The summed E-state index contributed by atoms with van der Waals surface area (Å²) >= 11 is 5.07. The van der Waals surface area contributed by atoms with Crippen molar-refractivity contribution >= 4 is 23.1 Å². The molecule has 0 spiro atoms. The summed E-state index contributed by atoms with van der Waals surface area (Å²) in [6.45, 7) is 0. The summed E-state index contributed by atoms with van der Waals surface area (Å²) in [4.78, 5) is 12.5. The zero-order valence-corrected chi connectivity index (χ0v) is 11.7. The van der Waals surface area contributed by atoms with Gasteiger partial charge >= 0.3 is 0 Å². The maximum absolute atomic E-state index is 13.1. The SMILES string of the molecule is NC(=S)C1(NC(=O)C2CCC(F)(F)CC2)CCCC1. The van der Waals surface area contributed by atoms with E-state index in [1.54, 1.807) is 0 Å². The second-order valence-electron chi connectivity index (χ2n) is 5.77. The number of nitrogens with one attached hydrogen (secondary N) is 1. The summed E-state index contributed by atoms with van der Waals surface area (Å²) in [5, 5.41) is 2.94. The highest BCUT2D eigenvalue weighted by Gasteiger charge is 2.42. The lowest BCUT2D eigenvalue weighted by molar-refractivity contribution is -0.130. The summed E-state index contributed by atoms with van der Waals surface area (Å²) in [5.41, 5.74) is 5.17. The van der Waals surface area contributed by atoms with Gasteiger partial charge in [0, 0.05) is 18.8 Å². The molecule has 0 radical (unpaired) electrons. The first-order valence-corrected chi connectivity index (χ1v) is 7.25. The highest BCUT2D eigenvalue weighted by molar-refractivity contribution is 7.80. The molecule has 0 aromatic rings. The molecule has 3 N–H and O–H groups in total. The Kier molecular flexibility index (Phi) is 4.08. The molecule has 2 aliphatic rings. The van der Waals surface area contributed by atoms with Gasteiger partial charge in [-0.1, -0.05) is 25.1 Å². The fourth-order valence-electron chi connectivity index (χ4n) is 3.05. The Bertz CT molecular complexity index is 371. The molecule has 0 heterocycles. The van der Waals surface area contributed by atoms with Gasteiger partial charge in [0.1, 0.15) is 0 Å². The summed E-state index contributed by atoms with van der Waals surface area (Å²) in [7, 11) is 0. The molecule has 0 aromatic heterocycles. The van der Waals surface area contributed by atoms with E-state index < -0.39 is 11.5 Å². The first-order valence-electron chi connectivity index (χ1n) is 6.84. The second kappa shape index (κ2) is 5.31. The molecule has 19 heavy (non-hydrogen) atoms. The Hall–Kier alpha value is -0.780. The molecule has 0 aliphatic heterocycles. The first kappa shape index (κ1) is 14.6. The lowest BCUT2D eigenvalue weighted by Crippen LogP contribution is -2.56. The van der Waals surface area contributed by atoms with Crippen molar-refractivity contribution in [2.75, 3.05) is 0 Å². The Labute approximate surface area is 117 Å². The minimum absolute atomic E-state index is 0.162. The van der Waals surface area contributed by atoms with E-state index in [2.05, 4.69) is 5.32 Å². The third-order valence-electron chi connectivity index (χ3n) is 4.38. The Morgan fingerprint density at radius 3 is 2.16 bits per heavy atom. The molecule has 2 fully saturated rings. The van der Waals surface area contributed by atoms with Crippen LogP contribution < -0.4 is 11.1 Å². The third kappa shape index (κ3) is 3.22. The minimum Gasteiger partial charge on any atom is -0.391 e. The molecule has 3 nitrogen and oxygen atoms in total. The number of halogens is 2. The Balaban J connectivity index is 1.95. The standard InChI is InChI=1S/C13H20F2N2OS/c14-13(15)7-3-9(4-8-13)10(18)17-12(11(16)19)5-1-2-6-12/h9H,1-8H2,(H2,16,19)(H,17,18). The average molecular weight is 290 g/mol. The van der Waals surface area contributed by atoms with Crippen LogP contribution in [0.2, 0.25) is 0 Å². The van der Waals surface area contributed by atoms with Crippen LogP contribution in [0, 0.1) is 5.92 Å². The van der Waals surface area contributed by atoms with Gasteiger partial charge in [0.25, 0.3) is 0 Å². The van der Waals surface area contributed by atoms with E-state index in [4.69, 9.17) is 18.0 Å². The van der Waals surface area contributed by atoms with Crippen molar-refractivity contribution in [3.63, 3.8) is 0 Å². The van der Waals surface area contributed by atoms with Crippen LogP contribution in [0.4, 0.5) is 8.78 Å². The largest absolute Gasteiger partial charge is 0.391 e. The normalized spacial score (nSPS) is 26.0. The van der Waals surface area contributed by atoms with Gasteiger partial charge in [0.2, 0.25) is 11.8 Å². The first-order chi connectivity index (χ1) is 8.85. The number of amides is 1. The number of alkyl halides is 2. The maximum atomic E-state index is 13.1. The molecule has 6 heteroatoms. The molecule has 0 bridgehead atoms. The number of rotatable bonds is 3. The van der Waals surface area contributed by atoms with Crippen molar-refractivity contribution in [2.24, 2.45) is 11.7 Å². The smallest absolute Gasteiger partial charge is 0.248 e. The molecular formula is C13H20F2N2OS. The molecule has 0 unspecified atom stereocenters. The van der Waals surface area contributed by atoms with E-state index in [9.17, 15) is 13.6 Å². The van der Waals surface area contributed by atoms with Crippen molar-refractivity contribution in [2.45, 2.75) is 62.8 Å². The predicted molar refractivity (Wildman–Crippen MR) is 73.0 cm³/mol. The van der Waals surface area contributed by atoms with Gasteiger partial charge in [0.15, 0.2) is 0 Å². The van der Waals surface area contributed by atoms with Crippen LogP contribution in [0.5, 0.6) is 0 Å². The van der Waals surface area contributed by atoms with Gasteiger partial charge < -0.3 is 11.1 Å². The number of carbonyl (C=O) groups is 1. The van der Waals surface area contributed by atoms with Gasteiger partial charge in [-0.25, -0.2) is 8.78 Å². The van der Waals surface area contributed by atoms with Crippen LogP contribution in [0.3, 0.4) is 0 Å². The molecular weight excluding hydrogens is 270 g/mol. The van der Waals surface area contributed by atoms with Crippen molar-refractivity contribution in [3.05, 3.63) is 0 Å². The van der Waals surface area contributed by atoms with Crippen LogP contribution in [0.1, 0.15) is 51.4 Å². The summed E-state index contributed by atoms with van der Waals surface area (Å²) < 4.78 is 26.2. The van der Waals surface area contributed by atoms with Gasteiger partial charge in [-0.3, -0.25) is 4.79 Å². The fourth-order valence-corrected chi connectivity index (χ4v) is 3.31. The van der Waals surface area contributed by atoms with Crippen molar-refractivity contribution in [1.29, 1.82) is 0 Å². The molecule has 2 saturated carbocycles. The van der Waals surface area contributed by atoms with Crippen LogP contribution in [0.25, 0.3) is 0 Å². The third-order valence-corrected chi connectivity index (χ3v) is 4.77. The number of hydrogen-bond donors (Lipinski definition) is 2. The average Bonchev–Trinajstić information content (AvgIpc) is 2.78. The van der Waals surface area contributed by atoms with E-state index in [1.165, 1.54) is 0 Å². The molecule has 0 saturated heterocycles. The van der Waals surface area contributed by atoms with Gasteiger partial charge in [0.05, 0.1) is 10.5 Å². The van der Waals surface area contributed by atoms with Crippen molar-refractivity contribution in [1.82, 2.24) is 5.32 Å². The van der Waals surface area contributed by atoms with Crippen LogP contribution >= 0.6 is 12.2 Å². The Morgan fingerprint density at radius 2 is 1.68 bits per heavy atom. The van der Waals surface area contributed by atoms with E-state index in [1.807, 2.05) is 0 Å². The van der Waals surface area contributed by atoms with Crippen LogP contribution in [0.15, 0.2) is 0 Å². The lowest BCUT2D eigenvalue weighted by Gasteiger charge is -2.33. The predicted octanol–water partition coefficient (Wildman–Crippen LogP) is 2.53. The number of thiocarbonyl (C=S) groups is 1. The van der Waals surface area contributed by atoms with Gasteiger partial charge in [-0.05, 0) is 25.7 Å². The maximum Gasteiger partial charge on any atom is 0.248 e. The summed E-state index contributed by atoms with van der Waals surface area (Å²) in [6, 6.07) is 0. The molecule has 2 aliphatic carbocycles. The van der Waals surface area contributed by atoms with Crippen LogP contribution in [-0.2, 0) is 4.79 Å². The van der Waals surface area contributed by atoms with Crippen LogP contribution in [-0.4, -0.2) is 22.4 Å². The highest BCUT2D eigenvalue weighted by atomic mass is 32.1. The monoisotopic (exact) mass is 290 g/mol. The highest BCUT2D eigenvalue weighted by Crippen LogP contribution is 2.37. The fraction of sp³-hybridized carbons (Fsp3) is 0.846.